The molecule has 3 N–H and O–H groups in total. The van der Waals surface area contributed by atoms with Crippen molar-refractivity contribution in [2.24, 2.45) is 5.73 Å². The maximum absolute atomic E-state index is 8.75. The zero-order chi connectivity index (χ0) is 8.27. The summed E-state index contributed by atoms with van der Waals surface area (Å²) in [5.74, 6) is 0. The van der Waals surface area contributed by atoms with Crippen LogP contribution in [0.4, 0.5) is 0 Å². The molecule has 1 heterocycles. The van der Waals surface area contributed by atoms with Gasteiger partial charge in [0, 0.05) is 9.75 Å². The number of nitrogens with two attached hydrogens (primary N) is 1. The molecule has 0 radical (unpaired) electrons. The number of aliphatic hydroxyl groups is 1. The van der Waals surface area contributed by atoms with Gasteiger partial charge in [0.2, 0.25) is 0 Å². The van der Waals surface area contributed by atoms with E-state index in [1.165, 1.54) is 4.88 Å². The Morgan fingerprint density at radius 2 is 2.25 bits per heavy atom. The van der Waals surface area contributed by atoms with E-state index in [4.69, 9.17) is 10.8 Å². The van der Waals surface area contributed by atoms with Gasteiger partial charge in [0.25, 0.3) is 0 Å². The Bertz CT molecular complexity index is 227. The van der Waals surface area contributed by atoms with Gasteiger partial charge in [0.1, 0.15) is 0 Å². The van der Waals surface area contributed by atoms with Crippen LogP contribution in [0.1, 0.15) is 22.7 Å². The van der Waals surface area contributed by atoms with Crippen molar-refractivity contribution < 1.29 is 5.11 Å². The largest absolute Gasteiger partial charge is 0.394 e. The fourth-order valence-electron chi connectivity index (χ4n) is 0.874. The van der Waals surface area contributed by atoms with Crippen LogP contribution in [0.25, 0.3) is 0 Å². The molecule has 0 spiro atoms. The van der Waals surface area contributed by atoms with Crippen molar-refractivity contribution in [3.05, 3.63) is 21.9 Å². The third kappa shape index (κ3) is 2.75. The van der Waals surface area contributed by atoms with Gasteiger partial charge >= 0.3 is 0 Å². The van der Waals surface area contributed by atoms with E-state index in [1.54, 1.807) is 11.3 Å². The van der Waals surface area contributed by atoms with Gasteiger partial charge in [0.15, 0.2) is 0 Å². The van der Waals surface area contributed by atoms with E-state index in [1.807, 2.05) is 6.07 Å². The van der Waals surface area contributed by atoms with Gasteiger partial charge in [-0.05, 0) is 18.6 Å². The Morgan fingerprint density at radius 3 is 2.67 bits per heavy atom. The number of thiophene rings is 1. The van der Waals surface area contributed by atoms with Crippen LogP contribution in [0.2, 0.25) is 0 Å². The number of halogens is 1. The lowest BCUT2D eigenvalue weighted by molar-refractivity contribution is 0.269. The molecule has 0 amide bonds. The van der Waals surface area contributed by atoms with E-state index in [0.29, 0.717) is 0 Å². The van der Waals surface area contributed by atoms with E-state index >= 15 is 0 Å². The lowest BCUT2D eigenvalue weighted by atomic mass is 10.3. The molecule has 0 aliphatic rings. The molecule has 0 bridgehead atoms. The predicted octanol–water partition coefficient (Wildman–Crippen LogP) is 1.72. The second kappa shape index (κ2) is 5.54. The summed E-state index contributed by atoms with van der Waals surface area (Å²) in [6.45, 7) is 2.14. The SMILES string of the molecule is CCc1ccc([C@H](N)CO)s1.Cl. The summed E-state index contributed by atoms with van der Waals surface area (Å²) >= 11 is 1.68. The quantitative estimate of drug-likeness (QED) is 0.793. The normalized spacial score (nSPS) is 12.2. The molecule has 1 rings (SSSR count). The Labute approximate surface area is 82.8 Å². The average molecular weight is 208 g/mol. The van der Waals surface area contributed by atoms with Crippen molar-refractivity contribution >= 4 is 23.7 Å². The Morgan fingerprint density at radius 1 is 1.58 bits per heavy atom. The molecule has 70 valence electrons. The third-order valence-electron chi connectivity index (χ3n) is 1.59. The van der Waals surface area contributed by atoms with Crippen molar-refractivity contribution in [2.45, 2.75) is 19.4 Å². The molecule has 0 saturated carbocycles. The lowest BCUT2D eigenvalue weighted by Crippen LogP contribution is -2.12. The van der Waals surface area contributed by atoms with Gasteiger partial charge < -0.3 is 10.8 Å². The molecule has 0 unspecified atom stereocenters. The highest BCUT2D eigenvalue weighted by molar-refractivity contribution is 7.12. The summed E-state index contributed by atoms with van der Waals surface area (Å²) in [4.78, 5) is 2.40. The maximum Gasteiger partial charge on any atom is 0.0632 e. The number of hydrogen-bond donors (Lipinski definition) is 2. The predicted molar refractivity (Wildman–Crippen MR) is 55.0 cm³/mol. The topological polar surface area (TPSA) is 46.2 Å². The number of aliphatic hydroxyl groups excluding tert-OH is 1. The molecule has 0 aliphatic carbocycles. The van der Waals surface area contributed by atoms with Gasteiger partial charge in [-0.2, -0.15) is 0 Å². The van der Waals surface area contributed by atoms with Gasteiger partial charge in [0.05, 0.1) is 12.6 Å². The highest BCUT2D eigenvalue weighted by atomic mass is 35.5. The molecule has 1 aromatic rings. The summed E-state index contributed by atoms with van der Waals surface area (Å²) in [5, 5.41) is 8.75. The molecule has 0 aromatic carbocycles. The molecule has 0 saturated heterocycles. The molecular weight excluding hydrogens is 194 g/mol. The molecular formula is C8H14ClNOS. The van der Waals surface area contributed by atoms with Crippen LogP contribution in [0.5, 0.6) is 0 Å². The van der Waals surface area contributed by atoms with E-state index < -0.39 is 0 Å². The smallest absolute Gasteiger partial charge is 0.0632 e. The van der Waals surface area contributed by atoms with Crippen LogP contribution in [-0.2, 0) is 6.42 Å². The molecule has 4 heteroatoms. The Balaban J connectivity index is 0.00000121. The molecule has 0 aliphatic heterocycles. The van der Waals surface area contributed by atoms with Crippen LogP contribution in [0, 0.1) is 0 Å². The first-order valence-electron chi connectivity index (χ1n) is 3.73. The second-order valence-electron chi connectivity index (χ2n) is 2.45. The van der Waals surface area contributed by atoms with Crippen LogP contribution < -0.4 is 5.73 Å². The highest BCUT2D eigenvalue weighted by Gasteiger charge is 2.06. The van der Waals surface area contributed by atoms with Gasteiger partial charge in [-0.25, -0.2) is 0 Å². The number of hydrogen-bond acceptors (Lipinski definition) is 3. The first-order chi connectivity index (χ1) is 5.27. The van der Waals surface area contributed by atoms with Crippen molar-refractivity contribution in [1.82, 2.24) is 0 Å². The molecule has 12 heavy (non-hydrogen) atoms. The van der Waals surface area contributed by atoms with Crippen molar-refractivity contribution in [2.75, 3.05) is 6.61 Å². The standard InChI is InChI=1S/C8H13NOS.ClH/c1-2-6-3-4-8(11-6)7(9)5-10;/h3-4,7,10H,2,5,9H2,1H3;1H/t7-;/m1./s1. The first kappa shape index (κ1) is 11.9. The van der Waals surface area contributed by atoms with Crippen LogP contribution in [0.3, 0.4) is 0 Å². The Hall–Kier alpha value is -0.0900. The van der Waals surface area contributed by atoms with E-state index in [-0.39, 0.29) is 25.1 Å². The highest BCUT2D eigenvalue weighted by Crippen LogP contribution is 2.21. The molecule has 1 aromatic heterocycles. The van der Waals surface area contributed by atoms with E-state index in [9.17, 15) is 0 Å². The minimum Gasteiger partial charge on any atom is -0.394 e. The lowest BCUT2D eigenvalue weighted by Gasteiger charge is -2.02. The molecule has 0 fully saturated rings. The van der Waals surface area contributed by atoms with Crippen molar-refractivity contribution in [1.29, 1.82) is 0 Å². The van der Waals surface area contributed by atoms with Crippen molar-refractivity contribution in [3.63, 3.8) is 0 Å². The van der Waals surface area contributed by atoms with E-state index in [2.05, 4.69) is 13.0 Å². The number of aryl methyl sites for hydroxylation is 1. The minimum atomic E-state index is -0.194. The van der Waals surface area contributed by atoms with Crippen molar-refractivity contribution in [3.8, 4) is 0 Å². The minimum absolute atomic E-state index is 0. The average Bonchev–Trinajstić information content (AvgIpc) is 2.50. The molecule has 1 atom stereocenters. The van der Waals surface area contributed by atoms with Crippen LogP contribution >= 0.6 is 23.7 Å². The molecule has 2 nitrogen and oxygen atoms in total. The third-order valence-corrected chi connectivity index (χ3v) is 2.95. The fraction of sp³-hybridized carbons (Fsp3) is 0.500. The fourth-order valence-corrected chi connectivity index (χ4v) is 1.82. The zero-order valence-electron chi connectivity index (χ0n) is 6.99. The summed E-state index contributed by atoms with van der Waals surface area (Å²) in [5.41, 5.74) is 5.62. The van der Waals surface area contributed by atoms with Gasteiger partial charge in [-0.1, -0.05) is 6.92 Å². The van der Waals surface area contributed by atoms with Gasteiger partial charge in [-0.3, -0.25) is 0 Å². The Kier molecular flexibility index (Phi) is 5.50. The summed E-state index contributed by atoms with van der Waals surface area (Å²) in [7, 11) is 0. The second-order valence-corrected chi connectivity index (χ2v) is 3.65. The summed E-state index contributed by atoms with van der Waals surface area (Å²) in [6, 6.07) is 3.86. The summed E-state index contributed by atoms with van der Waals surface area (Å²) in [6.07, 6.45) is 1.04. The van der Waals surface area contributed by atoms with Crippen LogP contribution in [0.15, 0.2) is 12.1 Å². The van der Waals surface area contributed by atoms with E-state index in [0.717, 1.165) is 11.3 Å². The number of rotatable bonds is 3. The summed E-state index contributed by atoms with van der Waals surface area (Å²) < 4.78 is 0. The zero-order valence-corrected chi connectivity index (χ0v) is 8.62. The monoisotopic (exact) mass is 207 g/mol. The van der Waals surface area contributed by atoms with Crippen LogP contribution in [-0.4, -0.2) is 11.7 Å². The first-order valence-corrected chi connectivity index (χ1v) is 4.54. The van der Waals surface area contributed by atoms with Gasteiger partial charge in [-0.15, -0.1) is 23.7 Å². The maximum atomic E-state index is 8.75.